The first-order valence-electron chi connectivity index (χ1n) is 5.65. The van der Waals surface area contributed by atoms with E-state index in [9.17, 15) is 9.90 Å². The molecule has 0 aromatic heterocycles. The van der Waals surface area contributed by atoms with Crippen molar-refractivity contribution in [3.8, 4) is 11.5 Å². The van der Waals surface area contributed by atoms with Gasteiger partial charge in [-0.25, -0.2) is 0 Å². The van der Waals surface area contributed by atoms with Crippen molar-refractivity contribution >= 4 is 14.6 Å². The highest BCUT2D eigenvalue weighted by atomic mass is 28.4. The highest BCUT2D eigenvalue weighted by Crippen LogP contribution is 2.40. The average Bonchev–Trinajstić information content (AvgIpc) is 2.19. The summed E-state index contributed by atoms with van der Waals surface area (Å²) in [6.45, 7) is 10.6. The zero-order chi connectivity index (χ0) is 13.3. The lowest BCUT2D eigenvalue weighted by molar-refractivity contribution is 0.112. The molecule has 17 heavy (non-hydrogen) atoms. The molecule has 4 heteroatoms. The van der Waals surface area contributed by atoms with Crippen molar-refractivity contribution in [1.29, 1.82) is 0 Å². The Kier molecular flexibility index (Phi) is 3.67. The predicted molar refractivity (Wildman–Crippen MR) is 71.3 cm³/mol. The summed E-state index contributed by atoms with van der Waals surface area (Å²) >= 11 is 0. The standard InChI is InChI=1S/C13H20O3Si/c1-13(2,3)17(4,5)16-11-8-6-7-10(9-14)12(11)15/h6-9,15H,1-5H3. The second-order valence-electron chi connectivity index (χ2n) is 5.67. The van der Waals surface area contributed by atoms with E-state index in [0.717, 1.165) is 0 Å². The Morgan fingerprint density at radius 1 is 1.29 bits per heavy atom. The smallest absolute Gasteiger partial charge is 0.250 e. The van der Waals surface area contributed by atoms with Crippen LogP contribution in [0, 0.1) is 0 Å². The van der Waals surface area contributed by atoms with Crippen LogP contribution in [-0.4, -0.2) is 19.7 Å². The van der Waals surface area contributed by atoms with E-state index in [1.54, 1.807) is 18.2 Å². The SMILES string of the molecule is CC(C)(C)[Si](C)(C)Oc1cccc(C=O)c1O. The summed E-state index contributed by atoms with van der Waals surface area (Å²) in [7, 11) is -1.99. The molecule has 0 atom stereocenters. The van der Waals surface area contributed by atoms with Crippen LogP contribution in [0.15, 0.2) is 18.2 Å². The fraction of sp³-hybridized carbons (Fsp3) is 0.462. The number of rotatable bonds is 3. The first kappa shape index (κ1) is 13.8. The van der Waals surface area contributed by atoms with Crippen molar-refractivity contribution in [3.05, 3.63) is 23.8 Å². The molecule has 1 aromatic carbocycles. The van der Waals surface area contributed by atoms with Crippen LogP contribution in [0.1, 0.15) is 31.1 Å². The number of carbonyl (C=O) groups excluding carboxylic acids is 1. The lowest BCUT2D eigenvalue weighted by Gasteiger charge is -2.36. The normalized spacial score (nSPS) is 12.3. The van der Waals surface area contributed by atoms with E-state index in [1.807, 2.05) is 0 Å². The molecule has 0 heterocycles. The molecule has 0 aliphatic carbocycles. The Balaban J connectivity index is 3.08. The number of phenols is 1. The Hall–Kier alpha value is -1.29. The van der Waals surface area contributed by atoms with Gasteiger partial charge in [-0.15, -0.1) is 0 Å². The molecular formula is C13H20O3Si. The molecule has 0 aliphatic rings. The summed E-state index contributed by atoms with van der Waals surface area (Å²) in [6.07, 6.45) is 0.633. The molecule has 0 fully saturated rings. The number of carbonyl (C=O) groups is 1. The molecule has 0 saturated heterocycles. The number of para-hydroxylation sites is 1. The molecular weight excluding hydrogens is 232 g/mol. The number of aromatic hydroxyl groups is 1. The van der Waals surface area contributed by atoms with Gasteiger partial charge in [0.2, 0.25) is 0 Å². The Morgan fingerprint density at radius 2 is 1.88 bits per heavy atom. The highest BCUT2D eigenvalue weighted by Gasteiger charge is 2.39. The summed E-state index contributed by atoms with van der Waals surface area (Å²) in [6, 6.07) is 4.98. The molecule has 94 valence electrons. The summed E-state index contributed by atoms with van der Waals surface area (Å²) in [5, 5.41) is 9.94. The molecule has 0 radical (unpaired) electrons. The third kappa shape index (κ3) is 2.88. The third-order valence-corrected chi connectivity index (χ3v) is 7.67. The van der Waals surface area contributed by atoms with Crippen LogP contribution in [0.2, 0.25) is 18.1 Å². The zero-order valence-electron chi connectivity index (χ0n) is 11.1. The van der Waals surface area contributed by atoms with E-state index < -0.39 is 8.32 Å². The second-order valence-corrected chi connectivity index (χ2v) is 10.4. The van der Waals surface area contributed by atoms with Crippen molar-refractivity contribution in [2.24, 2.45) is 0 Å². The van der Waals surface area contributed by atoms with E-state index in [1.165, 1.54) is 0 Å². The first-order chi connectivity index (χ1) is 7.69. The van der Waals surface area contributed by atoms with Gasteiger partial charge in [-0.3, -0.25) is 4.79 Å². The number of hydrogen-bond acceptors (Lipinski definition) is 3. The molecule has 1 rings (SSSR count). The van der Waals surface area contributed by atoms with Crippen LogP contribution in [-0.2, 0) is 0 Å². The van der Waals surface area contributed by atoms with Gasteiger partial charge >= 0.3 is 0 Å². The molecule has 1 aromatic rings. The predicted octanol–water partition coefficient (Wildman–Crippen LogP) is 3.59. The molecule has 0 saturated carbocycles. The molecule has 0 bridgehead atoms. The molecule has 0 amide bonds. The number of phenolic OH excluding ortho intramolecular Hbond substituents is 1. The quantitative estimate of drug-likeness (QED) is 0.660. The van der Waals surface area contributed by atoms with Gasteiger partial charge in [0, 0.05) is 0 Å². The van der Waals surface area contributed by atoms with E-state index in [4.69, 9.17) is 4.43 Å². The van der Waals surface area contributed by atoms with Crippen molar-refractivity contribution in [2.75, 3.05) is 0 Å². The van der Waals surface area contributed by atoms with E-state index in [-0.39, 0.29) is 16.4 Å². The zero-order valence-corrected chi connectivity index (χ0v) is 12.1. The van der Waals surface area contributed by atoms with E-state index in [2.05, 4.69) is 33.9 Å². The second kappa shape index (κ2) is 4.53. The van der Waals surface area contributed by atoms with Crippen molar-refractivity contribution in [2.45, 2.75) is 38.9 Å². The van der Waals surface area contributed by atoms with Gasteiger partial charge in [-0.05, 0) is 30.3 Å². The van der Waals surface area contributed by atoms with Gasteiger partial charge in [-0.2, -0.15) is 0 Å². The van der Waals surface area contributed by atoms with Crippen LogP contribution in [0.4, 0.5) is 0 Å². The maximum absolute atomic E-state index is 10.7. The minimum absolute atomic E-state index is 0.0522. The van der Waals surface area contributed by atoms with Crippen LogP contribution in [0.5, 0.6) is 11.5 Å². The van der Waals surface area contributed by atoms with Crippen LogP contribution >= 0.6 is 0 Å². The van der Waals surface area contributed by atoms with Gasteiger partial charge in [0.05, 0.1) is 5.56 Å². The molecule has 0 unspecified atom stereocenters. The molecule has 0 aliphatic heterocycles. The van der Waals surface area contributed by atoms with Gasteiger partial charge in [0.15, 0.2) is 12.0 Å². The molecule has 3 nitrogen and oxygen atoms in total. The van der Waals surface area contributed by atoms with Crippen LogP contribution < -0.4 is 4.43 Å². The fourth-order valence-corrected chi connectivity index (χ4v) is 2.17. The topological polar surface area (TPSA) is 46.5 Å². The van der Waals surface area contributed by atoms with Crippen molar-refractivity contribution in [1.82, 2.24) is 0 Å². The van der Waals surface area contributed by atoms with Crippen molar-refractivity contribution < 1.29 is 14.3 Å². The minimum Gasteiger partial charge on any atom is -0.541 e. The van der Waals surface area contributed by atoms with E-state index in [0.29, 0.717) is 12.0 Å². The molecule has 0 spiro atoms. The van der Waals surface area contributed by atoms with Gasteiger partial charge < -0.3 is 9.53 Å². The summed E-state index contributed by atoms with van der Waals surface area (Å²) < 4.78 is 5.97. The number of hydrogen-bond donors (Lipinski definition) is 1. The Bertz CT molecular complexity index is 419. The van der Waals surface area contributed by atoms with Crippen molar-refractivity contribution in [3.63, 3.8) is 0 Å². The summed E-state index contributed by atoms with van der Waals surface area (Å²) in [5.74, 6) is 0.341. The average molecular weight is 252 g/mol. The van der Waals surface area contributed by atoms with Gasteiger partial charge in [-0.1, -0.05) is 26.8 Å². The van der Waals surface area contributed by atoms with Gasteiger partial charge in [0.25, 0.3) is 8.32 Å². The molecule has 1 N–H and O–H groups in total. The van der Waals surface area contributed by atoms with Crippen LogP contribution in [0.3, 0.4) is 0 Å². The Labute approximate surface area is 104 Å². The minimum atomic E-state index is -1.99. The van der Waals surface area contributed by atoms with E-state index >= 15 is 0 Å². The largest absolute Gasteiger partial charge is 0.541 e. The lowest BCUT2D eigenvalue weighted by Crippen LogP contribution is -2.43. The number of aldehydes is 1. The van der Waals surface area contributed by atoms with Crippen LogP contribution in [0.25, 0.3) is 0 Å². The van der Waals surface area contributed by atoms with Gasteiger partial charge in [0.1, 0.15) is 5.75 Å². The maximum atomic E-state index is 10.7. The maximum Gasteiger partial charge on any atom is 0.250 e. The summed E-state index contributed by atoms with van der Waals surface area (Å²) in [4.78, 5) is 10.7. The highest BCUT2D eigenvalue weighted by molar-refractivity contribution is 6.74. The number of benzene rings is 1. The Morgan fingerprint density at radius 3 is 2.35 bits per heavy atom. The fourth-order valence-electron chi connectivity index (χ4n) is 1.14. The summed E-state index contributed by atoms with van der Waals surface area (Å²) in [5.41, 5.74) is 0.265. The first-order valence-corrected chi connectivity index (χ1v) is 8.56. The monoisotopic (exact) mass is 252 g/mol. The lowest BCUT2D eigenvalue weighted by atomic mass is 10.2. The third-order valence-electron chi connectivity index (χ3n) is 3.33.